The molecule has 4 nitrogen and oxygen atoms in total. The van der Waals surface area contributed by atoms with Gasteiger partial charge in [0.2, 0.25) is 0 Å². The van der Waals surface area contributed by atoms with Crippen molar-refractivity contribution in [3.8, 4) is 17.2 Å². The standard InChI is InChI=1S/C21H23F3O4S/c1-4-27-20(25)11-15-6-8-18(26-3)19(10-15)28-17-7-5-14(2)9-16(17)12-29-13-21(22,23)24/h5-10H,4,11-13H2,1-3H3. The fourth-order valence-electron chi connectivity index (χ4n) is 2.61. The van der Waals surface area contributed by atoms with Crippen LogP contribution in [0.3, 0.4) is 0 Å². The zero-order valence-electron chi connectivity index (χ0n) is 16.5. The van der Waals surface area contributed by atoms with Crippen molar-refractivity contribution in [3.05, 3.63) is 53.1 Å². The lowest BCUT2D eigenvalue weighted by molar-refractivity contribution is -0.142. The Labute approximate surface area is 172 Å². The zero-order valence-corrected chi connectivity index (χ0v) is 17.3. The van der Waals surface area contributed by atoms with Gasteiger partial charge in [0, 0.05) is 11.3 Å². The highest BCUT2D eigenvalue weighted by Crippen LogP contribution is 2.36. The number of methoxy groups -OCH3 is 1. The molecule has 0 aliphatic rings. The van der Waals surface area contributed by atoms with Crippen LogP contribution < -0.4 is 9.47 Å². The molecule has 158 valence electrons. The lowest BCUT2D eigenvalue weighted by Gasteiger charge is -2.15. The molecule has 0 aromatic heterocycles. The van der Waals surface area contributed by atoms with E-state index in [-0.39, 0.29) is 18.1 Å². The molecule has 0 radical (unpaired) electrons. The molecule has 2 aromatic carbocycles. The van der Waals surface area contributed by atoms with E-state index in [0.717, 1.165) is 17.3 Å². The summed E-state index contributed by atoms with van der Waals surface area (Å²) in [5.74, 6) is 0.132. The molecule has 0 atom stereocenters. The van der Waals surface area contributed by atoms with Gasteiger partial charge in [-0.15, -0.1) is 11.8 Å². The maximum Gasteiger partial charge on any atom is 0.397 e. The van der Waals surface area contributed by atoms with E-state index in [1.165, 1.54) is 7.11 Å². The molecule has 2 rings (SSSR count). The minimum absolute atomic E-state index is 0.0797. The first-order valence-electron chi connectivity index (χ1n) is 8.96. The molecule has 8 heteroatoms. The van der Waals surface area contributed by atoms with Crippen molar-refractivity contribution < 1.29 is 32.2 Å². The Morgan fingerprint density at radius 1 is 1.07 bits per heavy atom. The topological polar surface area (TPSA) is 44.8 Å². The molecule has 0 amide bonds. The molecule has 0 bridgehead atoms. The zero-order chi connectivity index (χ0) is 21.4. The Bertz CT molecular complexity index is 837. The van der Waals surface area contributed by atoms with Crippen molar-refractivity contribution in [2.45, 2.75) is 32.2 Å². The van der Waals surface area contributed by atoms with Crippen LogP contribution in [0.2, 0.25) is 0 Å². The van der Waals surface area contributed by atoms with E-state index in [1.54, 1.807) is 37.3 Å². The van der Waals surface area contributed by atoms with Crippen molar-refractivity contribution in [1.82, 2.24) is 0 Å². The van der Waals surface area contributed by atoms with Crippen LogP contribution in [0, 0.1) is 6.92 Å². The molecule has 29 heavy (non-hydrogen) atoms. The van der Waals surface area contributed by atoms with E-state index in [0.29, 0.717) is 35.0 Å². The predicted octanol–water partition coefficient (Wildman–Crippen LogP) is 5.70. The Hall–Kier alpha value is -2.35. The molecule has 0 aliphatic carbocycles. The summed E-state index contributed by atoms with van der Waals surface area (Å²) in [7, 11) is 1.49. The number of alkyl halides is 3. The second kappa shape index (κ2) is 10.4. The van der Waals surface area contributed by atoms with E-state index < -0.39 is 11.9 Å². The largest absolute Gasteiger partial charge is 0.493 e. The number of rotatable bonds is 9. The van der Waals surface area contributed by atoms with Crippen LogP contribution in [0.25, 0.3) is 0 Å². The van der Waals surface area contributed by atoms with Crippen molar-refractivity contribution >= 4 is 17.7 Å². The molecule has 0 saturated heterocycles. The van der Waals surface area contributed by atoms with E-state index in [2.05, 4.69) is 0 Å². The normalized spacial score (nSPS) is 11.2. The molecule has 0 fully saturated rings. The Morgan fingerprint density at radius 3 is 2.45 bits per heavy atom. The van der Waals surface area contributed by atoms with Crippen LogP contribution >= 0.6 is 11.8 Å². The first-order chi connectivity index (χ1) is 13.7. The van der Waals surface area contributed by atoms with E-state index >= 15 is 0 Å². The highest BCUT2D eigenvalue weighted by Gasteiger charge is 2.27. The maximum absolute atomic E-state index is 12.5. The average Bonchev–Trinajstić information content (AvgIpc) is 2.63. The lowest BCUT2D eigenvalue weighted by Crippen LogP contribution is -2.11. The minimum atomic E-state index is -4.22. The number of esters is 1. The number of thioether (sulfide) groups is 1. The predicted molar refractivity (Wildman–Crippen MR) is 107 cm³/mol. The average molecular weight is 428 g/mol. The van der Waals surface area contributed by atoms with Gasteiger partial charge in [-0.25, -0.2) is 0 Å². The number of ether oxygens (including phenoxy) is 3. The molecule has 0 saturated carbocycles. The van der Waals surface area contributed by atoms with Crippen molar-refractivity contribution in [2.24, 2.45) is 0 Å². The minimum Gasteiger partial charge on any atom is -0.493 e. The SMILES string of the molecule is CCOC(=O)Cc1ccc(OC)c(Oc2ccc(C)cc2CSCC(F)(F)F)c1. The van der Waals surface area contributed by atoms with E-state index in [9.17, 15) is 18.0 Å². The van der Waals surface area contributed by atoms with Crippen molar-refractivity contribution in [3.63, 3.8) is 0 Å². The summed E-state index contributed by atoms with van der Waals surface area (Å²) >= 11 is 0.776. The number of aryl methyl sites for hydroxylation is 1. The van der Waals surface area contributed by atoms with Crippen LogP contribution in [0.5, 0.6) is 17.2 Å². The highest BCUT2D eigenvalue weighted by atomic mass is 32.2. The summed E-state index contributed by atoms with van der Waals surface area (Å²) in [6.07, 6.45) is -4.14. The fourth-order valence-corrected chi connectivity index (χ4v) is 3.38. The first-order valence-corrected chi connectivity index (χ1v) is 10.1. The Balaban J connectivity index is 2.24. The summed E-state index contributed by atoms with van der Waals surface area (Å²) in [5, 5.41) is 0. The van der Waals surface area contributed by atoms with Crippen molar-refractivity contribution in [1.29, 1.82) is 0 Å². The van der Waals surface area contributed by atoms with Gasteiger partial charge in [-0.2, -0.15) is 13.2 Å². The number of carbonyl (C=O) groups is 1. The highest BCUT2D eigenvalue weighted by molar-refractivity contribution is 7.98. The number of hydrogen-bond acceptors (Lipinski definition) is 5. The van der Waals surface area contributed by atoms with Gasteiger partial charge in [-0.05, 0) is 37.6 Å². The molecule has 0 unspecified atom stereocenters. The molecular formula is C21H23F3O4S. The number of benzene rings is 2. The second-order valence-corrected chi connectivity index (χ2v) is 7.27. The third kappa shape index (κ3) is 7.53. The van der Waals surface area contributed by atoms with Crippen LogP contribution in [-0.4, -0.2) is 31.6 Å². The molecular weight excluding hydrogens is 405 g/mol. The molecule has 2 aromatic rings. The van der Waals surface area contributed by atoms with Gasteiger partial charge in [-0.1, -0.05) is 23.8 Å². The smallest absolute Gasteiger partial charge is 0.397 e. The number of carbonyl (C=O) groups excluding carboxylic acids is 1. The monoisotopic (exact) mass is 428 g/mol. The summed E-state index contributed by atoms with van der Waals surface area (Å²) in [6, 6.07) is 10.4. The third-order valence-corrected chi connectivity index (χ3v) is 4.89. The fraction of sp³-hybridized carbons (Fsp3) is 0.381. The van der Waals surface area contributed by atoms with Crippen LogP contribution in [0.15, 0.2) is 36.4 Å². The Kier molecular flexibility index (Phi) is 8.25. The van der Waals surface area contributed by atoms with Gasteiger partial charge in [-0.3, -0.25) is 4.79 Å². The van der Waals surface area contributed by atoms with Gasteiger partial charge in [0.25, 0.3) is 0 Å². The van der Waals surface area contributed by atoms with Gasteiger partial charge >= 0.3 is 12.1 Å². The van der Waals surface area contributed by atoms with Crippen LogP contribution in [0.1, 0.15) is 23.6 Å². The summed E-state index contributed by atoms with van der Waals surface area (Å²) in [5.41, 5.74) is 2.25. The van der Waals surface area contributed by atoms with Gasteiger partial charge in [0.05, 0.1) is 25.9 Å². The van der Waals surface area contributed by atoms with Gasteiger partial charge in [0.1, 0.15) is 5.75 Å². The molecule has 0 heterocycles. The second-order valence-electron chi connectivity index (χ2n) is 6.29. The summed E-state index contributed by atoms with van der Waals surface area (Å²) < 4.78 is 53.7. The molecule has 0 aliphatic heterocycles. The third-order valence-electron chi connectivity index (χ3n) is 3.84. The number of halogens is 3. The van der Waals surface area contributed by atoms with E-state index in [1.807, 2.05) is 13.0 Å². The summed E-state index contributed by atoms with van der Waals surface area (Å²) in [6.45, 7) is 3.89. The quantitative estimate of drug-likeness (QED) is 0.480. The molecule has 0 N–H and O–H groups in total. The van der Waals surface area contributed by atoms with Gasteiger partial charge < -0.3 is 14.2 Å². The first kappa shape index (κ1) is 22.9. The molecule has 0 spiro atoms. The van der Waals surface area contributed by atoms with Gasteiger partial charge in [0.15, 0.2) is 11.5 Å². The van der Waals surface area contributed by atoms with Crippen molar-refractivity contribution in [2.75, 3.05) is 19.5 Å². The van der Waals surface area contributed by atoms with Crippen LogP contribution in [-0.2, 0) is 21.7 Å². The Morgan fingerprint density at radius 2 is 1.79 bits per heavy atom. The van der Waals surface area contributed by atoms with Crippen LogP contribution in [0.4, 0.5) is 13.2 Å². The lowest BCUT2D eigenvalue weighted by atomic mass is 10.1. The maximum atomic E-state index is 12.5. The number of hydrogen-bond donors (Lipinski definition) is 0. The summed E-state index contributed by atoms with van der Waals surface area (Å²) in [4.78, 5) is 11.7. The van der Waals surface area contributed by atoms with E-state index in [4.69, 9.17) is 14.2 Å².